The Hall–Kier alpha value is -1.12. The van der Waals surface area contributed by atoms with Crippen molar-refractivity contribution in [1.29, 1.82) is 0 Å². The molecular formula is C26H46O3. The molecule has 0 saturated carbocycles. The summed E-state index contributed by atoms with van der Waals surface area (Å²) in [7, 11) is 0. The Bertz CT molecular complexity index is 441. The molecule has 0 amide bonds. The van der Waals surface area contributed by atoms with Crippen molar-refractivity contribution in [3.05, 3.63) is 12.2 Å². The van der Waals surface area contributed by atoms with Gasteiger partial charge in [0, 0.05) is 0 Å². The van der Waals surface area contributed by atoms with Gasteiger partial charge in [-0.05, 0) is 32.1 Å². The molecular weight excluding hydrogens is 360 g/mol. The van der Waals surface area contributed by atoms with Crippen molar-refractivity contribution >= 4 is 11.9 Å². The summed E-state index contributed by atoms with van der Waals surface area (Å²) in [4.78, 5) is 22.4. The van der Waals surface area contributed by atoms with Crippen LogP contribution in [-0.2, 0) is 14.3 Å². The molecule has 0 aromatic rings. The van der Waals surface area contributed by atoms with E-state index < -0.39 is 0 Å². The van der Waals surface area contributed by atoms with Gasteiger partial charge in [0.2, 0.25) is 0 Å². The van der Waals surface area contributed by atoms with Crippen molar-refractivity contribution < 1.29 is 14.3 Å². The molecule has 1 unspecified atom stereocenters. The molecule has 168 valence electrons. The van der Waals surface area contributed by atoms with Gasteiger partial charge >= 0.3 is 11.9 Å². The lowest BCUT2D eigenvalue weighted by Crippen LogP contribution is -2.06. The van der Waals surface area contributed by atoms with Crippen LogP contribution in [0.2, 0.25) is 0 Å². The average Bonchev–Trinajstić information content (AvgIpc) is 3.03. The molecule has 1 heterocycles. The molecule has 0 aromatic carbocycles. The van der Waals surface area contributed by atoms with Crippen LogP contribution < -0.4 is 0 Å². The zero-order valence-electron chi connectivity index (χ0n) is 19.1. The van der Waals surface area contributed by atoms with Crippen molar-refractivity contribution in [2.24, 2.45) is 5.92 Å². The Balaban J connectivity index is 1.73. The van der Waals surface area contributed by atoms with Gasteiger partial charge in [0.05, 0.1) is 12.3 Å². The van der Waals surface area contributed by atoms with Gasteiger partial charge in [0.1, 0.15) is 0 Å². The van der Waals surface area contributed by atoms with E-state index in [-0.39, 0.29) is 24.3 Å². The van der Waals surface area contributed by atoms with Crippen molar-refractivity contribution in [1.82, 2.24) is 0 Å². The Morgan fingerprint density at radius 2 is 1.14 bits per heavy atom. The molecule has 3 nitrogen and oxygen atoms in total. The summed E-state index contributed by atoms with van der Waals surface area (Å²) < 4.78 is 4.58. The standard InChI is InChI=1S/C26H46O3/c1-2-3-4-5-6-7-8-9-10-11-12-13-14-15-16-17-18-19-20-21-22-24-23-25(27)29-26(24)28/h17-18,24H,2-16,19-23H2,1H3/b18-17+. The highest BCUT2D eigenvalue weighted by Gasteiger charge is 2.32. The van der Waals surface area contributed by atoms with Crippen LogP contribution in [0.15, 0.2) is 12.2 Å². The first kappa shape index (κ1) is 25.9. The second kappa shape index (κ2) is 18.9. The molecule has 1 atom stereocenters. The SMILES string of the molecule is CCCCCCCCCCCCCCCC/C=C/CCCCC1CC(=O)OC1=O. The maximum atomic E-state index is 11.4. The van der Waals surface area contributed by atoms with Crippen molar-refractivity contribution in [3.63, 3.8) is 0 Å². The molecule has 0 N–H and O–H groups in total. The number of carbonyl (C=O) groups excluding carboxylic acids is 2. The maximum absolute atomic E-state index is 11.4. The molecule has 0 spiro atoms. The van der Waals surface area contributed by atoms with Gasteiger partial charge in [-0.1, -0.05) is 109 Å². The zero-order valence-corrected chi connectivity index (χ0v) is 19.1. The fourth-order valence-electron chi connectivity index (χ4n) is 4.09. The van der Waals surface area contributed by atoms with Crippen molar-refractivity contribution in [2.75, 3.05) is 0 Å². The van der Waals surface area contributed by atoms with Crippen LogP contribution >= 0.6 is 0 Å². The number of esters is 2. The molecule has 1 saturated heterocycles. The topological polar surface area (TPSA) is 43.4 Å². The monoisotopic (exact) mass is 406 g/mol. The minimum Gasteiger partial charge on any atom is -0.393 e. The molecule has 1 rings (SSSR count). The van der Waals surface area contributed by atoms with E-state index in [1.54, 1.807) is 0 Å². The van der Waals surface area contributed by atoms with E-state index in [0.717, 1.165) is 25.7 Å². The van der Waals surface area contributed by atoms with Gasteiger partial charge in [0.25, 0.3) is 0 Å². The summed E-state index contributed by atoms with van der Waals surface area (Å²) in [6.07, 6.45) is 29.8. The third kappa shape index (κ3) is 15.4. The van der Waals surface area contributed by atoms with Crippen LogP contribution in [0.5, 0.6) is 0 Å². The number of hydrogen-bond donors (Lipinski definition) is 0. The normalized spacial score (nSPS) is 16.8. The van der Waals surface area contributed by atoms with E-state index in [2.05, 4.69) is 23.8 Å². The number of cyclic esters (lactones) is 2. The fraction of sp³-hybridized carbons (Fsp3) is 0.846. The largest absolute Gasteiger partial charge is 0.393 e. The van der Waals surface area contributed by atoms with E-state index in [1.165, 1.54) is 96.3 Å². The smallest absolute Gasteiger partial charge is 0.317 e. The summed E-state index contributed by atoms with van der Waals surface area (Å²) in [5.74, 6) is -0.849. The Morgan fingerprint density at radius 1 is 0.690 bits per heavy atom. The van der Waals surface area contributed by atoms with Crippen molar-refractivity contribution in [3.8, 4) is 0 Å². The number of unbranched alkanes of at least 4 members (excludes halogenated alkanes) is 16. The minimum absolute atomic E-state index is 0.179. The highest BCUT2D eigenvalue weighted by Crippen LogP contribution is 2.22. The quantitative estimate of drug-likeness (QED) is 0.0888. The molecule has 0 aromatic heterocycles. The van der Waals surface area contributed by atoms with Gasteiger partial charge in [-0.2, -0.15) is 0 Å². The van der Waals surface area contributed by atoms with Gasteiger partial charge < -0.3 is 4.74 Å². The van der Waals surface area contributed by atoms with E-state index in [4.69, 9.17) is 0 Å². The van der Waals surface area contributed by atoms with E-state index >= 15 is 0 Å². The summed E-state index contributed by atoms with van der Waals surface area (Å²) in [5, 5.41) is 0. The van der Waals surface area contributed by atoms with Gasteiger partial charge in [-0.25, -0.2) is 0 Å². The van der Waals surface area contributed by atoms with E-state index in [9.17, 15) is 9.59 Å². The number of carbonyl (C=O) groups is 2. The Labute approximate surface area is 180 Å². The fourth-order valence-corrected chi connectivity index (χ4v) is 4.09. The Morgan fingerprint density at radius 3 is 1.59 bits per heavy atom. The molecule has 1 aliphatic heterocycles. The first-order chi connectivity index (χ1) is 14.2. The highest BCUT2D eigenvalue weighted by molar-refractivity contribution is 5.94. The summed E-state index contributed by atoms with van der Waals surface area (Å²) in [6, 6.07) is 0. The maximum Gasteiger partial charge on any atom is 0.317 e. The van der Waals surface area contributed by atoms with Crippen LogP contribution in [0.25, 0.3) is 0 Å². The lowest BCUT2D eigenvalue weighted by Gasteiger charge is -2.03. The lowest BCUT2D eigenvalue weighted by molar-refractivity contribution is -0.153. The first-order valence-electron chi connectivity index (χ1n) is 12.6. The van der Waals surface area contributed by atoms with Gasteiger partial charge in [0.15, 0.2) is 0 Å². The number of ether oxygens (including phenoxy) is 1. The highest BCUT2D eigenvalue weighted by atomic mass is 16.6. The molecule has 0 radical (unpaired) electrons. The van der Waals surface area contributed by atoms with E-state index in [0.29, 0.717) is 0 Å². The van der Waals surface area contributed by atoms with Crippen molar-refractivity contribution in [2.45, 2.75) is 135 Å². The Kier molecular flexibility index (Phi) is 16.9. The number of hydrogen-bond acceptors (Lipinski definition) is 3. The second-order valence-electron chi connectivity index (χ2n) is 8.83. The average molecular weight is 407 g/mol. The summed E-state index contributed by atoms with van der Waals surface area (Å²) >= 11 is 0. The van der Waals surface area contributed by atoms with Crippen LogP contribution in [0.3, 0.4) is 0 Å². The van der Waals surface area contributed by atoms with Crippen LogP contribution in [0, 0.1) is 5.92 Å². The number of allylic oxidation sites excluding steroid dienone is 2. The summed E-state index contributed by atoms with van der Waals surface area (Å²) in [5.41, 5.74) is 0. The van der Waals surface area contributed by atoms with Crippen LogP contribution in [0.4, 0.5) is 0 Å². The summed E-state index contributed by atoms with van der Waals surface area (Å²) in [6.45, 7) is 2.28. The molecule has 0 aliphatic carbocycles. The second-order valence-corrected chi connectivity index (χ2v) is 8.83. The predicted octanol–water partition coefficient (Wildman–Crippen LogP) is 8.06. The van der Waals surface area contributed by atoms with E-state index in [1.807, 2.05) is 0 Å². The minimum atomic E-state index is -0.354. The first-order valence-corrected chi connectivity index (χ1v) is 12.6. The molecule has 3 heteroatoms. The zero-order chi connectivity index (χ0) is 21.0. The number of rotatable bonds is 20. The molecule has 1 fully saturated rings. The van der Waals surface area contributed by atoms with Crippen LogP contribution in [-0.4, -0.2) is 11.9 Å². The van der Waals surface area contributed by atoms with Gasteiger partial charge in [-0.3, -0.25) is 9.59 Å². The third-order valence-electron chi connectivity index (χ3n) is 6.03. The lowest BCUT2D eigenvalue weighted by atomic mass is 10.00. The molecule has 29 heavy (non-hydrogen) atoms. The molecule has 1 aliphatic rings. The molecule has 0 bridgehead atoms. The van der Waals surface area contributed by atoms with Crippen LogP contribution in [0.1, 0.15) is 135 Å². The third-order valence-corrected chi connectivity index (χ3v) is 6.03. The predicted molar refractivity (Wildman–Crippen MR) is 122 cm³/mol. The van der Waals surface area contributed by atoms with Gasteiger partial charge in [-0.15, -0.1) is 0 Å².